The van der Waals surface area contributed by atoms with Crippen LogP contribution >= 0.6 is 0 Å². The van der Waals surface area contributed by atoms with Gasteiger partial charge in [0.05, 0.1) is 0 Å². The number of aromatic hydroxyl groups is 1. The molecule has 2 N–H and O–H groups in total. The first kappa shape index (κ1) is 12.0. The molecule has 0 unspecified atom stereocenters. The molecule has 0 radical (unpaired) electrons. The molecule has 0 heterocycles. The van der Waals surface area contributed by atoms with Crippen molar-refractivity contribution in [2.24, 2.45) is 0 Å². The van der Waals surface area contributed by atoms with Gasteiger partial charge in [0.15, 0.2) is 0 Å². The fraction of sp³-hybridized carbons (Fsp3) is 0.400. The molecular formula is C10H14O4S. The lowest BCUT2D eigenvalue weighted by atomic mass is 10.1. The summed E-state index contributed by atoms with van der Waals surface area (Å²) in [7, 11) is -4.25. The lowest BCUT2D eigenvalue weighted by Crippen LogP contribution is -2.03. The molecule has 1 aromatic rings. The van der Waals surface area contributed by atoms with Gasteiger partial charge in [-0.2, -0.15) is 8.42 Å². The Bertz CT molecular complexity index is 437. The molecule has 4 nitrogen and oxygen atoms in total. The summed E-state index contributed by atoms with van der Waals surface area (Å²) < 4.78 is 31.0. The highest BCUT2D eigenvalue weighted by Gasteiger charge is 2.15. The van der Waals surface area contributed by atoms with Crippen molar-refractivity contribution in [3.05, 3.63) is 23.8 Å². The molecule has 0 atom stereocenters. The summed E-state index contributed by atoms with van der Waals surface area (Å²) in [6, 6.07) is 4.01. The molecule has 5 heteroatoms. The van der Waals surface area contributed by atoms with E-state index in [1.165, 1.54) is 12.1 Å². The van der Waals surface area contributed by atoms with Gasteiger partial charge in [0, 0.05) is 6.07 Å². The number of hydrogen-bond donors (Lipinski definition) is 2. The highest BCUT2D eigenvalue weighted by molar-refractivity contribution is 7.85. The summed E-state index contributed by atoms with van der Waals surface area (Å²) in [4.78, 5) is -0.198. The van der Waals surface area contributed by atoms with Crippen molar-refractivity contribution in [3.8, 4) is 5.75 Å². The van der Waals surface area contributed by atoms with Crippen molar-refractivity contribution in [2.45, 2.75) is 31.1 Å². The van der Waals surface area contributed by atoms with Crippen molar-refractivity contribution in [2.75, 3.05) is 0 Å². The third kappa shape index (κ3) is 3.21. The zero-order valence-corrected chi connectivity index (χ0v) is 9.29. The maximum Gasteiger partial charge on any atom is 0.294 e. The Balaban J connectivity index is 3.15. The average Bonchev–Trinajstić information content (AvgIpc) is 2.14. The number of unbranched alkanes of at least 4 members (excludes halogenated alkanes) is 1. The summed E-state index contributed by atoms with van der Waals surface area (Å²) in [5, 5.41) is 9.15. The fourth-order valence-corrected chi connectivity index (χ4v) is 2.13. The van der Waals surface area contributed by atoms with Crippen LogP contribution in [0.5, 0.6) is 5.75 Å². The first-order valence-electron chi connectivity index (χ1n) is 4.74. The van der Waals surface area contributed by atoms with Gasteiger partial charge in [-0.25, -0.2) is 0 Å². The van der Waals surface area contributed by atoms with E-state index in [-0.39, 0.29) is 10.6 Å². The van der Waals surface area contributed by atoms with E-state index in [1.54, 1.807) is 0 Å². The average molecular weight is 230 g/mol. The van der Waals surface area contributed by atoms with Gasteiger partial charge in [-0.15, -0.1) is 0 Å². The molecule has 0 bridgehead atoms. The third-order valence-electron chi connectivity index (χ3n) is 2.13. The monoisotopic (exact) mass is 230 g/mol. The van der Waals surface area contributed by atoms with Gasteiger partial charge in [-0.05, 0) is 24.5 Å². The van der Waals surface area contributed by atoms with Crippen LogP contribution in [0.1, 0.15) is 25.3 Å². The summed E-state index contributed by atoms with van der Waals surface area (Å²) >= 11 is 0. The number of aryl methyl sites for hydroxylation is 1. The topological polar surface area (TPSA) is 74.6 Å². The van der Waals surface area contributed by atoms with Crippen LogP contribution in [-0.4, -0.2) is 18.1 Å². The highest BCUT2D eigenvalue weighted by atomic mass is 32.2. The number of rotatable bonds is 4. The number of hydrogen-bond acceptors (Lipinski definition) is 3. The first-order valence-corrected chi connectivity index (χ1v) is 6.18. The molecule has 0 fully saturated rings. The predicted molar refractivity (Wildman–Crippen MR) is 56.5 cm³/mol. The molecule has 0 amide bonds. The third-order valence-corrected chi connectivity index (χ3v) is 3.06. The van der Waals surface area contributed by atoms with Crippen LogP contribution < -0.4 is 0 Å². The molecule has 1 aromatic carbocycles. The molecule has 0 aromatic heterocycles. The number of phenols is 1. The largest absolute Gasteiger partial charge is 0.508 e. The van der Waals surface area contributed by atoms with E-state index in [4.69, 9.17) is 9.66 Å². The van der Waals surface area contributed by atoms with E-state index in [9.17, 15) is 8.42 Å². The van der Waals surface area contributed by atoms with E-state index < -0.39 is 10.1 Å². The Hall–Kier alpha value is -1.07. The number of benzene rings is 1. The fourth-order valence-electron chi connectivity index (χ4n) is 1.36. The molecule has 0 spiro atoms. The molecule has 0 aliphatic heterocycles. The van der Waals surface area contributed by atoms with E-state index in [0.29, 0.717) is 12.0 Å². The summed E-state index contributed by atoms with van der Waals surface area (Å²) in [5.41, 5.74) is 0.539. The Morgan fingerprint density at radius 2 is 2.00 bits per heavy atom. The quantitative estimate of drug-likeness (QED) is 0.775. The minimum Gasteiger partial charge on any atom is -0.508 e. The first-order chi connectivity index (χ1) is 6.95. The SMILES string of the molecule is CCCCc1ccc(O)cc1S(=O)(=O)O. The Morgan fingerprint density at radius 1 is 1.33 bits per heavy atom. The van der Waals surface area contributed by atoms with E-state index in [2.05, 4.69) is 0 Å². The van der Waals surface area contributed by atoms with E-state index in [1.807, 2.05) is 6.92 Å². The van der Waals surface area contributed by atoms with Crippen molar-refractivity contribution in [1.29, 1.82) is 0 Å². The van der Waals surface area contributed by atoms with Crippen LogP contribution in [-0.2, 0) is 16.5 Å². The summed E-state index contributed by atoms with van der Waals surface area (Å²) in [6.45, 7) is 1.99. The summed E-state index contributed by atoms with van der Waals surface area (Å²) in [5.74, 6) is -0.164. The van der Waals surface area contributed by atoms with Crippen molar-refractivity contribution < 1.29 is 18.1 Å². The molecule has 0 aliphatic rings. The van der Waals surface area contributed by atoms with E-state index >= 15 is 0 Å². The second-order valence-electron chi connectivity index (χ2n) is 3.37. The van der Waals surface area contributed by atoms with Crippen molar-refractivity contribution in [1.82, 2.24) is 0 Å². The molecule has 84 valence electrons. The Morgan fingerprint density at radius 3 is 2.53 bits per heavy atom. The Labute approximate surface area is 89.3 Å². The lowest BCUT2D eigenvalue weighted by molar-refractivity contribution is 0.464. The summed E-state index contributed by atoms with van der Waals surface area (Å²) in [6.07, 6.45) is 2.35. The predicted octanol–water partition coefficient (Wildman–Crippen LogP) is 1.98. The molecule has 0 saturated carbocycles. The van der Waals surface area contributed by atoms with Gasteiger partial charge >= 0.3 is 0 Å². The molecular weight excluding hydrogens is 216 g/mol. The zero-order valence-electron chi connectivity index (χ0n) is 8.47. The van der Waals surface area contributed by atoms with Crippen LogP contribution in [0.15, 0.2) is 23.1 Å². The molecule has 0 aliphatic carbocycles. The zero-order chi connectivity index (χ0) is 11.5. The minimum absolute atomic E-state index is 0.164. The maximum atomic E-state index is 11.0. The van der Waals surface area contributed by atoms with E-state index in [0.717, 1.165) is 18.9 Å². The van der Waals surface area contributed by atoms with Gasteiger partial charge < -0.3 is 5.11 Å². The smallest absolute Gasteiger partial charge is 0.294 e. The Kier molecular flexibility index (Phi) is 3.71. The molecule has 1 rings (SSSR count). The van der Waals surface area contributed by atoms with Crippen LogP contribution in [0.4, 0.5) is 0 Å². The minimum atomic E-state index is -4.25. The second-order valence-corrected chi connectivity index (χ2v) is 4.76. The van der Waals surface area contributed by atoms with Crippen LogP contribution in [0.25, 0.3) is 0 Å². The van der Waals surface area contributed by atoms with Crippen LogP contribution in [0.3, 0.4) is 0 Å². The highest BCUT2D eigenvalue weighted by Crippen LogP contribution is 2.22. The van der Waals surface area contributed by atoms with Crippen molar-refractivity contribution >= 4 is 10.1 Å². The van der Waals surface area contributed by atoms with Gasteiger partial charge in [-0.3, -0.25) is 4.55 Å². The normalized spacial score (nSPS) is 11.6. The van der Waals surface area contributed by atoms with Crippen molar-refractivity contribution in [3.63, 3.8) is 0 Å². The lowest BCUT2D eigenvalue weighted by Gasteiger charge is -2.06. The van der Waals surface area contributed by atoms with Crippen LogP contribution in [0.2, 0.25) is 0 Å². The second kappa shape index (κ2) is 4.63. The number of phenolic OH excluding ortho intramolecular Hbond substituents is 1. The van der Waals surface area contributed by atoms with Gasteiger partial charge in [0.25, 0.3) is 10.1 Å². The van der Waals surface area contributed by atoms with Gasteiger partial charge in [0.2, 0.25) is 0 Å². The molecule has 15 heavy (non-hydrogen) atoms. The van der Waals surface area contributed by atoms with Gasteiger partial charge in [0.1, 0.15) is 10.6 Å². The van der Waals surface area contributed by atoms with Crippen LogP contribution in [0, 0.1) is 0 Å². The maximum absolute atomic E-state index is 11.0. The van der Waals surface area contributed by atoms with Gasteiger partial charge in [-0.1, -0.05) is 19.4 Å². The standard InChI is InChI=1S/C10H14O4S/c1-2-3-4-8-5-6-9(11)7-10(8)15(12,13)14/h5-7,11H,2-4H2,1H3,(H,12,13,14). The molecule has 0 saturated heterocycles.